The molecular weight excluding hydrogens is 336 g/mol. The molecule has 1 aromatic rings. The normalized spacial score (nSPS) is 23.5. The Hall–Kier alpha value is -2.01. The summed E-state index contributed by atoms with van der Waals surface area (Å²) in [4.78, 5) is 23.5. The fourth-order valence-electron chi connectivity index (χ4n) is 4.39. The SMILES string of the molecule is CC(=O)NCCCN1[C@@H](C2=NCCC=C2C)CCC[C@H]1c1ncccc1C. The second-order valence-electron chi connectivity index (χ2n) is 7.69. The smallest absolute Gasteiger partial charge is 0.216 e. The Morgan fingerprint density at radius 3 is 2.85 bits per heavy atom. The van der Waals surface area contributed by atoms with Gasteiger partial charge in [0, 0.05) is 32.8 Å². The lowest BCUT2D eigenvalue weighted by atomic mass is 9.86. The van der Waals surface area contributed by atoms with E-state index in [1.165, 1.54) is 29.0 Å². The molecule has 0 aromatic carbocycles. The van der Waals surface area contributed by atoms with E-state index in [-0.39, 0.29) is 5.91 Å². The van der Waals surface area contributed by atoms with E-state index < -0.39 is 0 Å². The molecule has 5 nitrogen and oxygen atoms in total. The number of carbonyl (C=O) groups excluding carboxylic acids is 1. The van der Waals surface area contributed by atoms with Gasteiger partial charge in [0.2, 0.25) is 5.91 Å². The molecule has 0 saturated carbocycles. The van der Waals surface area contributed by atoms with E-state index in [0.717, 1.165) is 38.8 Å². The van der Waals surface area contributed by atoms with Crippen molar-refractivity contribution < 1.29 is 4.79 Å². The summed E-state index contributed by atoms with van der Waals surface area (Å²) in [6.07, 6.45) is 9.69. The molecule has 2 atom stereocenters. The number of nitrogens with zero attached hydrogens (tertiary/aromatic N) is 3. The molecule has 5 heteroatoms. The van der Waals surface area contributed by atoms with Gasteiger partial charge in [-0.15, -0.1) is 0 Å². The first-order valence-corrected chi connectivity index (χ1v) is 10.2. The molecule has 1 N–H and O–H groups in total. The highest BCUT2D eigenvalue weighted by atomic mass is 16.1. The van der Waals surface area contributed by atoms with Gasteiger partial charge in [-0.1, -0.05) is 12.1 Å². The maximum atomic E-state index is 11.2. The molecule has 1 amide bonds. The second kappa shape index (κ2) is 9.27. The average Bonchev–Trinajstić information content (AvgIpc) is 2.66. The number of hydrogen-bond donors (Lipinski definition) is 1. The van der Waals surface area contributed by atoms with Crippen LogP contribution in [0.15, 0.2) is 35.0 Å². The summed E-state index contributed by atoms with van der Waals surface area (Å²) in [5, 5.41) is 2.93. The van der Waals surface area contributed by atoms with Gasteiger partial charge in [-0.2, -0.15) is 0 Å². The number of aromatic nitrogens is 1. The molecule has 0 unspecified atom stereocenters. The van der Waals surface area contributed by atoms with Crippen LogP contribution in [0.5, 0.6) is 0 Å². The minimum Gasteiger partial charge on any atom is -0.356 e. The van der Waals surface area contributed by atoms with E-state index in [1.807, 2.05) is 12.3 Å². The van der Waals surface area contributed by atoms with Gasteiger partial charge in [0.1, 0.15) is 0 Å². The Morgan fingerprint density at radius 2 is 2.11 bits per heavy atom. The minimum atomic E-state index is 0.0396. The van der Waals surface area contributed by atoms with Crippen LogP contribution in [0, 0.1) is 6.92 Å². The number of rotatable bonds is 6. The Labute approximate surface area is 163 Å². The van der Waals surface area contributed by atoms with Crippen molar-refractivity contribution in [1.29, 1.82) is 0 Å². The number of hydrogen-bond acceptors (Lipinski definition) is 4. The topological polar surface area (TPSA) is 57.6 Å². The highest BCUT2D eigenvalue weighted by Gasteiger charge is 2.35. The third-order valence-corrected chi connectivity index (χ3v) is 5.67. The summed E-state index contributed by atoms with van der Waals surface area (Å²) >= 11 is 0. The van der Waals surface area contributed by atoms with Crippen LogP contribution in [-0.4, -0.2) is 47.2 Å². The van der Waals surface area contributed by atoms with Crippen molar-refractivity contribution in [1.82, 2.24) is 15.2 Å². The lowest BCUT2D eigenvalue weighted by molar-refractivity contribution is -0.118. The van der Waals surface area contributed by atoms with Gasteiger partial charge in [-0.3, -0.25) is 19.7 Å². The van der Waals surface area contributed by atoms with Gasteiger partial charge in [-0.05, 0) is 63.2 Å². The number of aryl methyl sites for hydroxylation is 1. The zero-order valence-corrected chi connectivity index (χ0v) is 16.9. The molecule has 2 aliphatic rings. The standard InChI is InChI=1S/C22H32N4O/c1-16-8-5-12-24-21(16)19-10-4-11-20(22-17(2)9-6-13-25-22)26(19)15-7-14-23-18(3)27/h5,8-9,12,19-20H,4,6-7,10-11,13-15H2,1-3H3,(H,23,27)/t19-,20+/m0/s1. The molecule has 1 saturated heterocycles. The summed E-state index contributed by atoms with van der Waals surface area (Å²) < 4.78 is 0. The van der Waals surface area contributed by atoms with Crippen LogP contribution in [0.1, 0.15) is 63.3 Å². The number of pyridine rings is 1. The first-order valence-electron chi connectivity index (χ1n) is 10.2. The van der Waals surface area contributed by atoms with Gasteiger partial charge in [-0.25, -0.2) is 0 Å². The lowest BCUT2D eigenvalue weighted by Crippen LogP contribution is -2.48. The first-order chi connectivity index (χ1) is 13.1. The number of likely N-dealkylation sites (tertiary alicyclic amines) is 1. The van der Waals surface area contributed by atoms with Crippen LogP contribution in [0.3, 0.4) is 0 Å². The van der Waals surface area contributed by atoms with Crippen molar-refractivity contribution in [2.75, 3.05) is 19.6 Å². The molecule has 146 valence electrons. The molecule has 0 radical (unpaired) electrons. The molecule has 3 rings (SSSR count). The largest absolute Gasteiger partial charge is 0.356 e. The Balaban J connectivity index is 1.84. The first kappa shape index (κ1) is 19.7. The van der Waals surface area contributed by atoms with Gasteiger partial charge in [0.25, 0.3) is 0 Å². The highest BCUT2D eigenvalue weighted by Crippen LogP contribution is 2.36. The summed E-state index contributed by atoms with van der Waals surface area (Å²) in [7, 11) is 0. The zero-order valence-electron chi connectivity index (χ0n) is 16.9. The number of aliphatic imine (C=N–C) groups is 1. The van der Waals surface area contributed by atoms with E-state index >= 15 is 0 Å². The maximum absolute atomic E-state index is 11.2. The Morgan fingerprint density at radius 1 is 1.30 bits per heavy atom. The van der Waals surface area contributed by atoms with Crippen molar-refractivity contribution in [2.24, 2.45) is 4.99 Å². The molecule has 3 heterocycles. The zero-order chi connectivity index (χ0) is 19.2. The fourth-order valence-corrected chi connectivity index (χ4v) is 4.39. The Bertz CT molecular complexity index is 725. The minimum absolute atomic E-state index is 0.0396. The summed E-state index contributed by atoms with van der Waals surface area (Å²) in [6.45, 7) is 8.49. The lowest BCUT2D eigenvalue weighted by Gasteiger charge is -2.43. The highest BCUT2D eigenvalue weighted by molar-refractivity contribution is 6.04. The number of carbonyl (C=O) groups is 1. The fraction of sp³-hybridized carbons (Fsp3) is 0.591. The van der Waals surface area contributed by atoms with E-state index in [2.05, 4.69) is 36.2 Å². The third kappa shape index (κ3) is 4.83. The predicted molar refractivity (Wildman–Crippen MR) is 110 cm³/mol. The average molecular weight is 369 g/mol. The van der Waals surface area contributed by atoms with Crippen LogP contribution in [-0.2, 0) is 4.79 Å². The monoisotopic (exact) mass is 368 g/mol. The van der Waals surface area contributed by atoms with Gasteiger partial charge >= 0.3 is 0 Å². The van der Waals surface area contributed by atoms with Gasteiger partial charge in [0.15, 0.2) is 0 Å². The molecule has 27 heavy (non-hydrogen) atoms. The van der Waals surface area contributed by atoms with Crippen molar-refractivity contribution >= 4 is 11.6 Å². The molecule has 1 aromatic heterocycles. The Kier molecular flexibility index (Phi) is 6.78. The van der Waals surface area contributed by atoms with E-state index in [0.29, 0.717) is 18.6 Å². The van der Waals surface area contributed by atoms with E-state index in [1.54, 1.807) is 6.92 Å². The number of piperidine rings is 1. The molecule has 2 aliphatic heterocycles. The molecular formula is C22H32N4O. The van der Waals surface area contributed by atoms with Crippen LogP contribution < -0.4 is 5.32 Å². The summed E-state index contributed by atoms with van der Waals surface area (Å²) in [6, 6.07) is 4.84. The van der Waals surface area contributed by atoms with Crippen LogP contribution >= 0.6 is 0 Å². The summed E-state index contributed by atoms with van der Waals surface area (Å²) in [5.74, 6) is 0.0396. The van der Waals surface area contributed by atoms with Crippen molar-refractivity contribution in [3.63, 3.8) is 0 Å². The van der Waals surface area contributed by atoms with Crippen molar-refractivity contribution in [3.8, 4) is 0 Å². The quantitative estimate of drug-likeness (QED) is 0.781. The van der Waals surface area contributed by atoms with Crippen LogP contribution in [0.2, 0.25) is 0 Å². The van der Waals surface area contributed by atoms with Gasteiger partial charge < -0.3 is 5.32 Å². The van der Waals surface area contributed by atoms with Crippen LogP contribution in [0.25, 0.3) is 0 Å². The van der Waals surface area contributed by atoms with Crippen molar-refractivity contribution in [2.45, 2.75) is 65.0 Å². The molecule has 0 spiro atoms. The summed E-state index contributed by atoms with van der Waals surface area (Å²) in [5.41, 5.74) is 5.04. The van der Waals surface area contributed by atoms with Crippen LogP contribution in [0.4, 0.5) is 0 Å². The number of dihydropyridines is 1. The van der Waals surface area contributed by atoms with E-state index in [4.69, 9.17) is 9.98 Å². The molecule has 0 bridgehead atoms. The third-order valence-electron chi connectivity index (χ3n) is 5.67. The van der Waals surface area contributed by atoms with E-state index in [9.17, 15) is 4.79 Å². The second-order valence-corrected chi connectivity index (χ2v) is 7.69. The van der Waals surface area contributed by atoms with Gasteiger partial charge in [0.05, 0.1) is 23.5 Å². The maximum Gasteiger partial charge on any atom is 0.216 e. The molecule has 0 aliphatic carbocycles. The predicted octanol–water partition coefficient (Wildman–Crippen LogP) is 3.60. The number of amides is 1. The van der Waals surface area contributed by atoms with Crippen molar-refractivity contribution in [3.05, 3.63) is 41.2 Å². The number of nitrogens with one attached hydrogen (secondary N) is 1. The molecule has 1 fully saturated rings.